The van der Waals surface area contributed by atoms with Gasteiger partial charge in [-0.2, -0.15) is 0 Å². The van der Waals surface area contributed by atoms with E-state index in [1.54, 1.807) is 7.11 Å². The van der Waals surface area contributed by atoms with Crippen molar-refractivity contribution in [1.29, 1.82) is 0 Å². The quantitative estimate of drug-likeness (QED) is 0.329. The van der Waals surface area contributed by atoms with Crippen molar-refractivity contribution in [3.63, 3.8) is 0 Å². The summed E-state index contributed by atoms with van der Waals surface area (Å²) >= 11 is 0. The Bertz CT molecular complexity index is 903. The number of unbranched alkanes of at least 4 members (excludes halogenated alkanes) is 3. The Kier molecular flexibility index (Phi) is 7.80. The molecule has 0 heterocycles. The maximum atomic E-state index is 6.14. The van der Waals surface area contributed by atoms with E-state index in [1.807, 2.05) is 30.3 Å². The van der Waals surface area contributed by atoms with Crippen LogP contribution in [0.4, 0.5) is 0 Å². The number of benzene rings is 3. The van der Waals surface area contributed by atoms with Crippen LogP contribution >= 0.6 is 0 Å². The normalized spacial score (nSPS) is 12.0. The Balaban J connectivity index is 1.60. The molecule has 0 aliphatic heterocycles. The highest BCUT2D eigenvalue weighted by molar-refractivity contribution is 5.84. The van der Waals surface area contributed by atoms with Gasteiger partial charge >= 0.3 is 0 Å². The average molecular weight is 393 g/mol. The Labute approximate surface area is 174 Å². The van der Waals surface area contributed by atoms with Crippen molar-refractivity contribution in [3.05, 3.63) is 66.2 Å². The maximum absolute atomic E-state index is 6.14. The van der Waals surface area contributed by atoms with Crippen molar-refractivity contribution >= 4 is 10.8 Å². The standard InChI is InChI=1S/C26H32O3/c1-4-5-6-9-16-28-25-10-7-8-11-26(25)29-19-20(2)21-12-13-23-18-24(27-3)15-14-22(23)17-21/h7-8,10-15,17-18,20H,4-6,9,16,19H2,1-3H3/t20-/m1/s1. The lowest BCUT2D eigenvalue weighted by molar-refractivity contribution is 0.254. The first-order chi connectivity index (χ1) is 14.2. The van der Waals surface area contributed by atoms with Gasteiger partial charge in [-0.05, 0) is 47.0 Å². The molecule has 0 aliphatic carbocycles. The van der Waals surface area contributed by atoms with Crippen molar-refractivity contribution in [1.82, 2.24) is 0 Å². The maximum Gasteiger partial charge on any atom is 0.161 e. The molecule has 3 aromatic rings. The molecule has 0 saturated heterocycles. The van der Waals surface area contributed by atoms with Gasteiger partial charge < -0.3 is 14.2 Å². The Morgan fingerprint density at radius 1 is 0.793 bits per heavy atom. The summed E-state index contributed by atoms with van der Waals surface area (Å²) in [5.74, 6) is 2.81. The first-order valence-corrected chi connectivity index (χ1v) is 10.6. The zero-order valence-electron chi connectivity index (χ0n) is 17.8. The second-order valence-electron chi connectivity index (χ2n) is 7.54. The minimum atomic E-state index is 0.277. The third-order valence-electron chi connectivity index (χ3n) is 5.23. The number of para-hydroxylation sites is 2. The minimum Gasteiger partial charge on any atom is -0.497 e. The van der Waals surface area contributed by atoms with Crippen LogP contribution in [-0.2, 0) is 0 Å². The molecule has 0 aromatic heterocycles. The average Bonchev–Trinajstić information content (AvgIpc) is 2.77. The molecule has 0 unspecified atom stereocenters. The second kappa shape index (κ2) is 10.8. The summed E-state index contributed by atoms with van der Waals surface area (Å²) in [4.78, 5) is 0. The second-order valence-corrected chi connectivity index (χ2v) is 7.54. The summed E-state index contributed by atoms with van der Waals surface area (Å²) in [6.07, 6.45) is 4.79. The fraction of sp³-hybridized carbons (Fsp3) is 0.385. The largest absolute Gasteiger partial charge is 0.497 e. The van der Waals surface area contributed by atoms with Gasteiger partial charge in [-0.3, -0.25) is 0 Å². The highest BCUT2D eigenvalue weighted by Gasteiger charge is 2.10. The molecule has 0 saturated carbocycles. The fourth-order valence-corrected chi connectivity index (χ4v) is 3.39. The van der Waals surface area contributed by atoms with Gasteiger partial charge in [0.1, 0.15) is 5.75 Å². The first-order valence-electron chi connectivity index (χ1n) is 10.6. The molecule has 0 fully saturated rings. The van der Waals surface area contributed by atoms with E-state index in [2.05, 4.69) is 44.2 Å². The molecule has 0 aliphatic rings. The zero-order valence-corrected chi connectivity index (χ0v) is 17.8. The Morgan fingerprint density at radius 2 is 1.52 bits per heavy atom. The molecule has 1 atom stereocenters. The Hall–Kier alpha value is -2.68. The van der Waals surface area contributed by atoms with E-state index in [0.717, 1.165) is 30.3 Å². The third-order valence-corrected chi connectivity index (χ3v) is 5.23. The van der Waals surface area contributed by atoms with E-state index in [4.69, 9.17) is 14.2 Å². The third kappa shape index (κ3) is 5.90. The van der Waals surface area contributed by atoms with E-state index >= 15 is 0 Å². The van der Waals surface area contributed by atoms with Crippen LogP contribution in [0.15, 0.2) is 60.7 Å². The van der Waals surface area contributed by atoms with Gasteiger partial charge in [-0.1, -0.05) is 69.5 Å². The van der Waals surface area contributed by atoms with E-state index in [0.29, 0.717) is 6.61 Å². The number of methoxy groups -OCH3 is 1. The molecular formula is C26H32O3. The molecule has 3 rings (SSSR count). The molecule has 0 radical (unpaired) electrons. The number of ether oxygens (including phenoxy) is 3. The number of hydrogen-bond donors (Lipinski definition) is 0. The lowest BCUT2D eigenvalue weighted by Gasteiger charge is -2.17. The van der Waals surface area contributed by atoms with Gasteiger partial charge in [0.2, 0.25) is 0 Å². The molecule has 3 aromatic carbocycles. The molecule has 29 heavy (non-hydrogen) atoms. The predicted octanol–water partition coefficient (Wildman–Crippen LogP) is 6.99. The van der Waals surface area contributed by atoms with Gasteiger partial charge in [0.25, 0.3) is 0 Å². The van der Waals surface area contributed by atoms with Crippen LogP contribution in [-0.4, -0.2) is 20.3 Å². The molecule has 0 spiro atoms. The Morgan fingerprint density at radius 3 is 2.28 bits per heavy atom. The SMILES string of the molecule is CCCCCCOc1ccccc1OC[C@@H](C)c1ccc2cc(OC)ccc2c1. The van der Waals surface area contributed by atoms with Gasteiger partial charge in [0.05, 0.1) is 20.3 Å². The lowest BCUT2D eigenvalue weighted by Crippen LogP contribution is -2.08. The van der Waals surface area contributed by atoms with Crippen molar-refractivity contribution in [2.75, 3.05) is 20.3 Å². The summed E-state index contributed by atoms with van der Waals surface area (Å²) < 4.78 is 17.4. The molecule has 0 N–H and O–H groups in total. The van der Waals surface area contributed by atoms with Crippen molar-refractivity contribution < 1.29 is 14.2 Å². The zero-order chi connectivity index (χ0) is 20.5. The van der Waals surface area contributed by atoms with Crippen LogP contribution in [0.5, 0.6) is 17.2 Å². The van der Waals surface area contributed by atoms with E-state index in [-0.39, 0.29) is 5.92 Å². The minimum absolute atomic E-state index is 0.277. The molecule has 154 valence electrons. The van der Waals surface area contributed by atoms with Crippen molar-refractivity contribution in [2.24, 2.45) is 0 Å². The van der Waals surface area contributed by atoms with Crippen LogP contribution in [0.1, 0.15) is 51.0 Å². The smallest absolute Gasteiger partial charge is 0.161 e. The summed E-state index contributed by atoms with van der Waals surface area (Å²) in [5, 5.41) is 2.40. The van der Waals surface area contributed by atoms with Crippen LogP contribution in [0.2, 0.25) is 0 Å². The van der Waals surface area contributed by atoms with E-state index < -0.39 is 0 Å². The van der Waals surface area contributed by atoms with E-state index in [1.165, 1.54) is 35.6 Å². The van der Waals surface area contributed by atoms with Crippen LogP contribution in [0.3, 0.4) is 0 Å². The molecular weight excluding hydrogens is 360 g/mol. The highest BCUT2D eigenvalue weighted by Crippen LogP contribution is 2.29. The topological polar surface area (TPSA) is 27.7 Å². The molecule has 3 nitrogen and oxygen atoms in total. The fourth-order valence-electron chi connectivity index (χ4n) is 3.39. The monoisotopic (exact) mass is 392 g/mol. The van der Waals surface area contributed by atoms with Crippen LogP contribution in [0, 0.1) is 0 Å². The first kappa shape index (κ1) is 21.0. The summed E-state index contributed by atoms with van der Waals surface area (Å²) in [6, 6.07) is 20.7. The van der Waals surface area contributed by atoms with Gasteiger partial charge in [-0.25, -0.2) is 0 Å². The van der Waals surface area contributed by atoms with Gasteiger partial charge in [0.15, 0.2) is 11.5 Å². The number of hydrogen-bond acceptors (Lipinski definition) is 3. The summed E-state index contributed by atoms with van der Waals surface area (Å²) in [5.41, 5.74) is 1.26. The highest BCUT2D eigenvalue weighted by atomic mass is 16.5. The van der Waals surface area contributed by atoms with Crippen molar-refractivity contribution in [3.8, 4) is 17.2 Å². The lowest BCUT2D eigenvalue weighted by atomic mass is 9.98. The molecule has 0 amide bonds. The molecule has 3 heteroatoms. The summed E-state index contributed by atoms with van der Waals surface area (Å²) in [7, 11) is 1.70. The van der Waals surface area contributed by atoms with Gasteiger partial charge in [-0.15, -0.1) is 0 Å². The van der Waals surface area contributed by atoms with Crippen LogP contribution < -0.4 is 14.2 Å². The van der Waals surface area contributed by atoms with Gasteiger partial charge in [0, 0.05) is 5.92 Å². The predicted molar refractivity (Wildman–Crippen MR) is 120 cm³/mol. The number of rotatable bonds is 11. The van der Waals surface area contributed by atoms with Crippen molar-refractivity contribution in [2.45, 2.75) is 45.4 Å². The molecule has 0 bridgehead atoms. The van der Waals surface area contributed by atoms with Crippen LogP contribution in [0.25, 0.3) is 10.8 Å². The summed E-state index contributed by atoms with van der Waals surface area (Å²) in [6.45, 7) is 5.76. The number of fused-ring (bicyclic) bond motifs is 1. The van der Waals surface area contributed by atoms with E-state index in [9.17, 15) is 0 Å².